The Morgan fingerprint density at radius 3 is 2.35 bits per heavy atom. The molecule has 0 aliphatic rings. The van der Waals surface area contributed by atoms with E-state index in [-0.39, 0.29) is 6.61 Å². The summed E-state index contributed by atoms with van der Waals surface area (Å²) in [5.41, 5.74) is -1.18. The average molecular weight is 435 g/mol. The number of likely N-dealkylation sites (N-methyl/N-ethyl adjacent to an activating group) is 1. The molecule has 168 valence electrons. The van der Waals surface area contributed by atoms with Gasteiger partial charge in [0.15, 0.2) is 5.60 Å². The quantitative estimate of drug-likeness (QED) is 0.269. The molecular weight excluding hydrogens is 410 g/mol. The molecular formula is C20H25N3O8. The molecule has 0 fully saturated rings. The Bertz CT molecular complexity index is 901. The van der Waals surface area contributed by atoms with Crippen molar-refractivity contribution in [1.82, 2.24) is 15.1 Å². The Balaban J connectivity index is 2.07. The number of esters is 1. The van der Waals surface area contributed by atoms with E-state index in [9.17, 15) is 19.5 Å². The van der Waals surface area contributed by atoms with E-state index in [4.69, 9.17) is 19.7 Å². The van der Waals surface area contributed by atoms with Crippen molar-refractivity contribution >= 4 is 17.9 Å². The molecule has 0 amide bonds. The first-order valence-electron chi connectivity index (χ1n) is 9.35. The largest absolute Gasteiger partial charge is 0.481 e. The number of ether oxygens (including phenoxy) is 2. The van der Waals surface area contributed by atoms with Crippen molar-refractivity contribution in [3.05, 3.63) is 53.9 Å². The Morgan fingerprint density at radius 1 is 1.16 bits per heavy atom. The fourth-order valence-electron chi connectivity index (χ4n) is 2.87. The van der Waals surface area contributed by atoms with E-state index in [1.807, 2.05) is 30.3 Å². The van der Waals surface area contributed by atoms with Gasteiger partial charge >= 0.3 is 17.9 Å². The summed E-state index contributed by atoms with van der Waals surface area (Å²) >= 11 is 0. The summed E-state index contributed by atoms with van der Waals surface area (Å²) < 4.78 is 12.8. The average Bonchev–Trinajstić information content (AvgIpc) is 3.13. The number of hydrogen-bond acceptors (Lipinski definition) is 8. The Hall–Kier alpha value is -3.28. The van der Waals surface area contributed by atoms with Crippen LogP contribution in [0.25, 0.3) is 0 Å². The standard InChI is InChI=1S/C20H25N3O8/c1-21-15(12-30-17(26)11-20(29,19(27)28)10-16(24)25)31-18(13-6-4-3-5-7-13)14-8-9-22-23(14)2/h3-9,15,18,21,29H,10-12H2,1-2H3,(H,24,25)(H,27,28)/t15?,18?,20-/m0/s1. The van der Waals surface area contributed by atoms with E-state index in [0.717, 1.165) is 11.3 Å². The number of benzene rings is 1. The SMILES string of the molecule is CNC(COC(=O)C[C@@](O)(CC(=O)O)C(=O)O)OC(c1ccccc1)c1ccnn1C. The number of nitrogens with zero attached hydrogens (tertiary/aromatic N) is 2. The Kier molecular flexibility index (Phi) is 8.25. The van der Waals surface area contributed by atoms with Gasteiger partial charge in [-0.05, 0) is 18.7 Å². The van der Waals surface area contributed by atoms with Crippen molar-refractivity contribution in [2.75, 3.05) is 13.7 Å². The minimum Gasteiger partial charge on any atom is -0.481 e. The molecule has 0 spiro atoms. The van der Waals surface area contributed by atoms with Crippen LogP contribution in [0.3, 0.4) is 0 Å². The summed E-state index contributed by atoms with van der Waals surface area (Å²) in [5, 5.41) is 34.8. The highest BCUT2D eigenvalue weighted by Gasteiger charge is 2.41. The number of aliphatic carboxylic acids is 2. The molecule has 3 atom stereocenters. The van der Waals surface area contributed by atoms with Gasteiger partial charge in [0, 0.05) is 13.2 Å². The minimum absolute atomic E-state index is 0.306. The molecule has 0 aliphatic carbocycles. The lowest BCUT2D eigenvalue weighted by molar-refractivity contribution is -0.173. The van der Waals surface area contributed by atoms with Crippen molar-refractivity contribution < 1.29 is 39.2 Å². The second-order valence-corrected chi connectivity index (χ2v) is 6.85. The van der Waals surface area contributed by atoms with Gasteiger partial charge in [-0.25, -0.2) is 4.79 Å². The smallest absolute Gasteiger partial charge is 0.336 e. The van der Waals surface area contributed by atoms with Gasteiger partial charge in [-0.2, -0.15) is 5.10 Å². The van der Waals surface area contributed by atoms with Crippen molar-refractivity contribution in [1.29, 1.82) is 0 Å². The fourth-order valence-corrected chi connectivity index (χ4v) is 2.87. The van der Waals surface area contributed by atoms with E-state index >= 15 is 0 Å². The predicted molar refractivity (Wildman–Crippen MR) is 106 cm³/mol. The van der Waals surface area contributed by atoms with Gasteiger partial charge in [-0.15, -0.1) is 0 Å². The number of rotatable bonds is 12. The third-order valence-corrected chi connectivity index (χ3v) is 4.53. The second-order valence-electron chi connectivity index (χ2n) is 6.85. The molecule has 0 bridgehead atoms. The zero-order valence-electron chi connectivity index (χ0n) is 17.1. The number of carboxylic acids is 2. The van der Waals surface area contributed by atoms with Crippen molar-refractivity contribution in [3.63, 3.8) is 0 Å². The van der Waals surface area contributed by atoms with Crippen LogP contribution in [-0.4, -0.2) is 68.5 Å². The molecule has 0 aliphatic heterocycles. The molecule has 2 rings (SSSR count). The molecule has 1 heterocycles. The van der Waals surface area contributed by atoms with Crippen molar-refractivity contribution in [2.45, 2.75) is 30.8 Å². The number of carbonyl (C=O) groups is 3. The van der Waals surface area contributed by atoms with Crippen LogP contribution in [0, 0.1) is 0 Å². The lowest BCUT2D eigenvalue weighted by Crippen LogP contribution is -2.44. The third-order valence-electron chi connectivity index (χ3n) is 4.53. The summed E-state index contributed by atoms with van der Waals surface area (Å²) in [6.07, 6.45) is -1.87. The normalized spacial score (nSPS) is 14.9. The first-order valence-corrected chi connectivity index (χ1v) is 9.35. The summed E-state index contributed by atoms with van der Waals surface area (Å²) in [6.45, 7) is -0.306. The van der Waals surface area contributed by atoms with Gasteiger partial charge < -0.3 is 24.8 Å². The summed E-state index contributed by atoms with van der Waals surface area (Å²) in [5.74, 6) is -4.46. The first-order chi connectivity index (χ1) is 14.7. The molecule has 1 aromatic heterocycles. The highest BCUT2D eigenvalue weighted by molar-refractivity contribution is 5.88. The van der Waals surface area contributed by atoms with Crippen LogP contribution in [0.2, 0.25) is 0 Å². The lowest BCUT2D eigenvalue weighted by Gasteiger charge is -2.26. The van der Waals surface area contributed by atoms with Crippen molar-refractivity contribution in [2.24, 2.45) is 7.05 Å². The van der Waals surface area contributed by atoms with Gasteiger partial charge in [0.2, 0.25) is 0 Å². The molecule has 0 saturated carbocycles. The highest BCUT2D eigenvalue weighted by atomic mass is 16.6. The summed E-state index contributed by atoms with van der Waals surface area (Å²) in [6, 6.07) is 11.1. The zero-order valence-corrected chi connectivity index (χ0v) is 17.1. The number of aromatic nitrogens is 2. The van der Waals surface area contributed by atoms with E-state index in [1.54, 1.807) is 31.0 Å². The van der Waals surface area contributed by atoms with E-state index in [0.29, 0.717) is 0 Å². The maximum Gasteiger partial charge on any atom is 0.336 e. The number of aryl methyl sites for hydroxylation is 1. The molecule has 4 N–H and O–H groups in total. The number of carboxylic acid groups (broad SMARTS) is 2. The van der Waals surface area contributed by atoms with Crippen LogP contribution in [-0.2, 0) is 30.9 Å². The molecule has 0 radical (unpaired) electrons. The number of aliphatic hydroxyl groups is 1. The van der Waals surface area contributed by atoms with Crippen molar-refractivity contribution in [3.8, 4) is 0 Å². The molecule has 31 heavy (non-hydrogen) atoms. The zero-order chi connectivity index (χ0) is 23.0. The number of carbonyl (C=O) groups excluding carboxylic acids is 1. The predicted octanol–water partition coefficient (Wildman–Crippen LogP) is 0.295. The van der Waals surface area contributed by atoms with Crippen LogP contribution in [0.5, 0.6) is 0 Å². The number of nitrogens with one attached hydrogen (secondary N) is 1. The molecule has 11 nitrogen and oxygen atoms in total. The summed E-state index contributed by atoms with van der Waals surface area (Å²) in [4.78, 5) is 34.1. The number of hydrogen-bond donors (Lipinski definition) is 4. The molecule has 2 unspecified atom stereocenters. The topological polar surface area (TPSA) is 160 Å². The van der Waals surface area contributed by atoms with E-state index < -0.39 is 48.7 Å². The fraction of sp³-hybridized carbons (Fsp3) is 0.400. The minimum atomic E-state index is -2.76. The maximum absolute atomic E-state index is 12.1. The Morgan fingerprint density at radius 2 is 1.84 bits per heavy atom. The lowest BCUT2D eigenvalue weighted by atomic mass is 9.96. The van der Waals surface area contributed by atoms with Gasteiger partial charge in [0.25, 0.3) is 0 Å². The van der Waals surface area contributed by atoms with Gasteiger partial charge in [0.1, 0.15) is 18.9 Å². The first kappa shape index (κ1) is 24.0. The third kappa shape index (κ3) is 6.60. The van der Waals surface area contributed by atoms with Gasteiger partial charge in [0.05, 0.1) is 18.5 Å². The van der Waals surface area contributed by atoms with Gasteiger partial charge in [-0.3, -0.25) is 19.6 Å². The summed E-state index contributed by atoms with van der Waals surface area (Å²) in [7, 11) is 3.35. The monoisotopic (exact) mass is 435 g/mol. The van der Waals surface area contributed by atoms with E-state index in [1.165, 1.54) is 0 Å². The van der Waals surface area contributed by atoms with Crippen LogP contribution in [0.15, 0.2) is 42.6 Å². The van der Waals surface area contributed by atoms with Gasteiger partial charge in [-0.1, -0.05) is 30.3 Å². The molecule has 2 aromatic rings. The van der Waals surface area contributed by atoms with Crippen LogP contribution >= 0.6 is 0 Å². The molecule has 11 heteroatoms. The molecule has 0 saturated heterocycles. The van der Waals surface area contributed by atoms with Crippen LogP contribution in [0.1, 0.15) is 30.2 Å². The highest BCUT2D eigenvalue weighted by Crippen LogP contribution is 2.26. The maximum atomic E-state index is 12.1. The van der Waals surface area contributed by atoms with Crippen LogP contribution < -0.4 is 5.32 Å². The van der Waals surface area contributed by atoms with E-state index in [2.05, 4.69) is 10.4 Å². The second kappa shape index (κ2) is 10.7. The van der Waals surface area contributed by atoms with Crippen LogP contribution in [0.4, 0.5) is 0 Å². The Labute approximate surface area is 178 Å². The molecule has 1 aromatic carbocycles.